The van der Waals surface area contributed by atoms with Gasteiger partial charge in [-0.15, -0.1) is 0 Å². The molecule has 5 heteroatoms. The molecule has 2 N–H and O–H groups in total. The van der Waals surface area contributed by atoms with Gasteiger partial charge >= 0.3 is 0 Å². The Labute approximate surface area is 104 Å². The minimum Gasteiger partial charge on any atom is -0.304 e. The summed E-state index contributed by atoms with van der Waals surface area (Å²) in [6.07, 6.45) is 1.68. The van der Waals surface area contributed by atoms with E-state index in [1.807, 2.05) is 13.0 Å². The zero-order valence-corrected chi connectivity index (χ0v) is 10.1. The van der Waals surface area contributed by atoms with Crippen LogP contribution in [0, 0.1) is 5.82 Å². The third-order valence-electron chi connectivity index (χ3n) is 2.59. The number of hydrogen-bond acceptors (Lipinski definition) is 2. The zero-order chi connectivity index (χ0) is 12.3. The van der Waals surface area contributed by atoms with E-state index >= 15 is 0 Å². The summed E-state index contributed by atoms with van der Waals surface area (Å²) < 4.78 is 13.6. The first-order valence-electron chi connectivity index (χ1n) is 5.34. The Hall–Kier alpha value is -1.39. The second-order valence-electron chi connectivity index (χ2n) is 3.82. The highest BCUT2D eigenvalue weighted by Gasteiger charge is 2.14. The van der Waals surface area contributed by atoms with Crippen LogP contribution in [-0.4, -0.2) is 10.2 Å². The highest BCUT2D eigenvalue weighted by molar-refractivity contribution is 6.31. The molecule has 3 nitrogen and oxygen atoms in total. The minimum atomic E-state index is -0.290. The molecular formula is C12H13ClFN3. The van der Waals surface area contributed by atoms with Gasteiger partial charge in [0.1, 0.15) is 5.82 Å². The molecule has 1 atom stereocenters. The summed E-state index contributed by atoms with van der Waals surface area (Å²) in [5.41, 5.74) is 1.44. The molecule has 0 amide bonds. The summed E-state index contributed by atoms with van der Waals surface area (Å²) in [5, 5.41) is 10.3. The second-order valence-corrected chi connectivity index (χ2v) is 4.23. The maximum absolute atomic E-state index is 13.6. The number of aromatic nitrogens is 2. The number of H-pyrrole nitrogens is 1. The molecule has 17 heavy (non-hydrogen) atoms. The highest BCUT2D eigenvalue weighted by Crippen LogP contribution is 2.25. The summed E-state index contributed by atoms with van der Waals surface area (Å²) in [5.74, 6) is -0.290. The number of hydrogen-bond donors (Lipinski definition) is 2. The predicted octanol–water partition coefficient (Wildman–Crippen LogP) is 3.05. The van der Waals surface area contributed by atoms with Gasteiger partial charge in [0, 0.05) is 35.1 Å². The summed E-state index contributed by atoms with van der Waals surface area (Å²) >= 11 is 5.98. The van der Waals surface area contributed by atoms with E-state index in [0.29, 0.717) is 17.1 Å². The molecule has 1 aromatic heterocycles. The van der Waals surface area contributed by atoms with E-state index < -0.39 is 0 Å². The van der Waals surface area contributed by atoms with Gasteiger partial charge in [-0.2, -0.15) is 5.10 Å². The molecule has 1 heterocycles. The molecule has 0 aliphatic rings. The van der Waals surface area contributed by atoms with E-state index in [1.54, 1.807) is 18.3 Å². The summed E-state index contributed by atoms with van der Waals surface area (Å²) in [7, 11) is 0. The third kappa shape index (κ3) is 2.84. The van der Waals surface area contributed by atoms with Crippen LogP contribution >= 0.6 is 11.6 Å². The van der Waals surface area contributed by atoms with Gasteiger partial charge in [-0.3, -0.25) is 5.10 Å². The first kappa shape index (κ1) is 12.1. The van der Waals surface area contributed by atoms with Crippen LogP contribution in [0.4, 0.5) is 4.39 Å². The zero-order valence-electron chi connectivity index (χ0n) is 9.37. The van der Waals surface area contributed by atoms with Crippen molar-refractivity contribution >= 4 is 11.6 Å². The summed E-state index contributed by atoms with van der Waals surface area (Å²) in [4.78, 5) is 0. The average Bonchev–Trinajstić information content (AvgIpc) is 2.79. The maximum Gasteiger partial charge on any atom is 0.129 e. The Balaban J connectivity index is 2.07. The van der Waals surface area contributed by atoms with Crippen molar-refractivity contribution in [1.29, 1.82) is 0 Å². The first-order chi connectivity index (χ1) is 8.18. The lowest BCUT2D eigenvalue weighted by Gasteiger charge is -2.15. The fraction of sp³-hybridized carbons (Fsp3) is 0.250. The van der Waals surface area contributed by atoms with Crippen LogP contribution in [0.1, 0.15) is 24.2 Å². The van der Waals surface area contributed by atoms with Gasteiger partial charge < -0.3 is 5.32 Å². The van der Waals surface area contributed by atoms with Crippen molar-refractivity contribution in [3.8, 4) is 0 Å². The molecule has 0 spiro atoms. The second kappa shape index (κ2) is 5.29. The van der Waals surface area contributed by atoms with Crippen molar-refractivity contribution in [1.82, 2.24) is 15.5 Å². The maximum atomic E-state index is 13.6. The molecule has 1 aromatic carbocycles. The summed E-state index contributed by atoms with van der Waals surface area (Å²) in [6.45, 7) is 2.46. The van der Waals surface area contributed by atoms with E-state index in [-0.39, 0.29) is 11.9 Å². The molecule has 2 aromatic rings. The minimum absolute atomic E-state index is 0.160. The van der Waals surface area contributed by atoms with Gasteiger partial charge in [-0.25, -0.2) is 4.39 Å². The van der Waals surface area contributed by atoms with Crippen molar-refractivity contribution in [2.75, 3.05) is 0 Å². The van der Waals surface area contributed by atoms with Crippen molar-refractivity contribution < 1.29 is 4.39 Å². The fourth-order valence-corrected chi connectivity index (χ4v) is 2.00. The van der Waals surface area contributed by atoms with Crippen LogP contribution in [0.25, 0.3) is 0 Å². The van der Waals surface area contributed by atoms with Gasteiger partial charge in [0.2, 0.25) is 0 Å². The van der Waals surface area contributed by atoms with E-state index in [2.05, 4.69) is 15.5 Å². The molecule has 2 rings (SSSR count). The van der Waals surface area contributed by atoms with Crippen LogP contribution in [0.3, 0.4) is 0 Å². The standard InChI is InChI=1S/C12H13ClFN3/c1-8(15-7-9-5-6-16-17-9)12-10(13)3-2-4-11(12)14/h2-6,8,15H,7H2,1H3,(H,16,17)/t8-/m1/s1. The number of benzene rings is 1. The first-order valence-corrected chi connectivity index (χ1v) is 5.72. The highest BCUT2D eigenvalue weighted by atomic mass is 35.5. The molecule has 0 saturated heterocycles. The normalized spacial score (nSPS) is 12.6. The molecular weight excluding hydrogens is 241 g/mol. The van der Waals surface area contributed by atoms with E-state index in [4.69, 9.17) is 11.6 Å². The van der Waals surface area contributed by atoms with Crippen LogP contribution in [0.5, 0.6) is 0 Å². The molecule has 0 unspecified atom stereocenters. The lowest BCUT2D eigenvalue weighted by molar-refractivity contribution is 0.524. The largest absolute Gasteiger partial charge is 0.304 e. The van der Waals surface area contributed by atoms with Crippen LogP contribution in [-0.2, 0) is 6.54 Å². The molecule has 0 bridgehead atoms. The van der Waals surface area contributed by atoms with Gasteiger partial charge in [-0.05, 0) is 25.1 Å². The Bertz CT molecular complexity index is 464. The lowest BCUT2D eigenvalue weighted by Crippen LogP contribution is -2.19. The summed E-state index contributed by atoms with van der Waals surface area (Å²) in [6, 6.07) is 6.40. The van der Waals surface area contributed by atoms with Crippen molar-refractivity contribution in [2.24, 2.45) is 0 Å². The van der Waals surface area contributed by atoms with Crippen molar-refractivity contribution in [3.63, 3.8) is 0 Å². The number of nitrogens with zero attached hydrogens (tertiary/aromatic N) is 1. The van der Waals surface area contributed by atoms with E-state index in [1.165, 1.54) is 6.07 Å². The van der Waals surface area contributed by atoms with E-state index in [0.717, 1.165) is 5.69 Å². The van der Waals surface area contributed by atoms with Crippen LogP contribution < -0.4 is 5.32 Å². The Morgan fingerprint density at radius 1 is 1.47 bits per heavy atom. The number of nitrogens with one attached hydrogen (secondary N) is 2. The Morgan fingerprint density at radius 3 is 2.94 bits per heavy atom. The van der Waals surface area contributed by atoms with Crippen molar-refractivity contribution in [2.45, 2.75) is 19.5 Å². The van der Waals surface area contributed by atoms with Crippen molar-refractivity contribution in [3.05, 3.63) is 52.6 Å². The SMILES string of the molecule is C[C@@H](NCc1ccn[nH]1)c1c(F)cccc1Cl. The molecule has 0 fully saturated rings. The van der Waals surface area contributed by atoms with Gasteiger partial charge in [0.05, 0.1) is 0 Å². The topological polar surface area (TPSA) is 40.7 Å². The quantitative estimate of drug-likeness (QED) is 0.879. The number of rotatable bonds is 4. The molecule has 90 valence electrons. The third-order valence-corrected chi connectivity index (χ3v) is 2.92. The lowest BCUT2D eigenvalue weighted by atomic mass is 10.1. The fourth-order valence-electron chi connectivity index (χ4n) is 1.67. The molecule has 0 radical (unpaired) electrons. The molecule has 0 aliphatic heterocycles. The number of aromatic amines is 1. The average molecular weight is 254 g/mol. The number of halogens is 2. The van der Waals surface area contributed by atoms with Gasteiger partial charge in [-0.1, -0.05) is 17.7 Å². The van der Waals surface area contributed by atoms with Crippen LogP contribution in [0.15, 0.2) is 30.5 Å². The monoisotopic (exact) mass is 253 g/mol. The smallest absolute Gasteiger partial charge is 0.129 e. The Morgan fingerprint density at radius 2 is 2.29 bits per heavy atom. The van der Waals surface area contributed by atoms with E-state index in [9.17, 15) is 4.39 Å². The predicted molar refractivity (Wildman–Crippen MR) is 65.3 cm³/mol. The Kier molecular flexibility index (Phi) is 3.76. The van der Waals surface area contributed by atoms with Crippen LogP contribution in [0.2, 0.25) is 5.02 Å². The molecule has 0 aliphatic carbocycles. The molecule has 0 saturated carbocycles. The van der Waals surface area contributed by atoms with Gasteiger partial charge in [0.15, 0.2) is 0 Å². The van der Waals surface area contributed by atoms with Gasteiger partial charge in [0.25, 0.3) is 0 Å².